The van der Waals surface area contributed by atoms with Crippen LogP contribution in [0.15, 0.2) is 36.0 Å². The second kappa shape index (κ2) is 4.92. The molecular formula is C13H8ClN3OS. The number of ether oxygens (including phenoxy) is 1. The van der Waals surface area contributed by atoms with Gasteiger partial charge >= 0.3 is 0 Å². The van der Waals surface area contributed by atoms with E-state index in [0.29, 0.717) is 22.9 Å². The van der Waals surface area contributed by atoms with Crippen molar-refractivity contribution in [2.75, 3.05) is 0 Å². The van der Waals surface area contributed by atoms with E-state index >= 15 is 0 Å². The molecule has 4 nitrogen and oxygen atoms in total. The Morgan fingerprint density at radius 2 is 2.37 bits per heavy atom. The van der Waals surface area contributed by atoms with E-state index in [0.717, 1.165) is 10.7 Å². The first kappa shape index (κ1) is 12.0. The molecule has 0 fully saturated rings. The highest BCUT2D eigenvalue weighted by Gasteiger charge is 2.07. The third-order valence-electron chi connectivity index (χ3n) is 2.58. The number of rotatable bonds is 3. The van der Waals surface area contributed by atoms with Gasteiger partial charge in [0.2, 0.25) is 0 Å². The first-order valence-corrected chi connectivity index (χ1v) is 6.75. The van der Waals surface area contributed by atoms with Crippen LogP contribution in [0.4, 0.5) is 0 Å². The molecule has 1 aromatic carbocycles. The first-order valence-electron chi connectivity index (χ1n) is 5.50. The Kier molecular flexibility index (Phi) is 3.11. The molecule has 3 aromatic rings. The van der Waals surface area contributed by atoms with Crippen molar-refractivity contribution < 1.29 is 4.74 Å². The zero-order chi connectivity index (χ0) is 13.2. The number of fused-ring (bicyclic) bond motifs is 1. The van der Waals surface area contributed by atoms with Gasteiger partial charge in [-0.3, -0.25) is 4.40 Å². The maximum atomic E-state index is 9.00. The van der Waals surface area contributed by atoms with Gasteiger partial charge in [0.25, 0.3) is 0 Å². The van der Waals surface area contributed by atoms with E-state index in [1.54, 1.807) is 29.5 Å². The smallest absolute Gasteiger partial charge is 0.193 e. The summed E-state index contributed by atoms with van der Waals surface area (Å²) in [6, 6.07) is 7.02. The minimum absolute atomic E-state index is 0.309. The average Bonchev–Trinajstić information content (AvgIpc) is 2.97. The van der Waals surface area contributed by atoms with E-state index in [1.165, 1.54) is 0 Å². The molecule has 19 heavy (non-hydrogen) atoms. The zero-order valence-electron chi connectivity index (χ0n) is 9.71. The van der Waals surface area contributed by atoms with E-state index in [4.69, 9.17) is 21.6 Å². The molecule has 0 amide bonds. The Labute approximate surface area is 118 Å². The van der Waals surface area contributed by atoms with Crippen molar-refractivity contribution >= 4 is 27.9 Å². The number of hydrogen-bond donors (Lipinski definition) is 0. The van der Waals surface area contributed by atoms with Crippen molar-refractivity contribution in [2.45, 2.75) is 6.61 Å². The second-order valence-electron chi connectivity index (χ2n) is 3.87. The molecule has 0 atom stereocenters. The molecule has 0 saturated heterocycles. The lowest BCUT2D eigenvalue weighted by Gasteiger charge is -2.06. The number of nitriles is 1. The van der Waals surface area contributed by atoms with Crippen LogP contribution >= 0.6 is 22.9 Å². The van der Waals surface area contributed by atoms with Crippen LogP contribution in [0.25, 0.3) is 4.96 Å². The van der Waals surface area contributed by atoms with E-state index in [1.807, 2.05) is 22.2 Å². The Morgan fingerprint density at radius 1 is 1.47 bits per heavy atom. The molecule has 0 unspecified atom stereocenters. The number of thiazole rings is 1. The molecule has 2 heterocycles. The Morgan fingerprint density at radius 3 is 3.16 bits per heavy atom. The van der Waals surface area contributed by atoms with E-state index in [9.17, 15) is 0 Å². The maximum absolute atomic E-state index is 9.00. The Bertz CT molecular complexity index is 743. The van der Waals surface area contributed by atoms with Crippen LogP contribution in [-0.4, -0.2) is 9.38 Å². The Hall–Kier alpha value is -2.03. The van der Waals surface area contributed by atoms with Crippen LogP contribution in [0, 0.1) is 11.3 Å². The lowest BCUT2D eigenvalue weighted by molar-refractivity contribution is 0.301. The molecule has 94 valence electrons. The summed E-state index contributed by atoms with van der Waals surface area (Å²) in [6.07, 6.45) is 3.85. The van der Waals surface area contributed by atoms with Crippen molar-refractivity contribution in [1.82, 2.24) is 9.38 Å². The van der Waals surface area contributed by atoms with Gasteiger partial charge < -0.3 is 4.74 Å². The van der Waals surface area contributed by atoms with Gasteiger partial charge in [-0.05, 0) is 12.1 Å². The fourth-order valence-electron chi connectivity index (χ4n) is 1.71. The molecule has 0 saturated carbocycles. The van der Waals surface area contributed by atoms with Crippen LogP contribution in [0.3, 0.4) is 0 Å². The van der Waals surface area contributed by atoms with Gasteiger partial charge in [-0.25, -0.2) is 4.98 Å². The second-order valence-corrected chi connectivity index (χ2v) is 5.18. The largest absolute Gasteiger partial charge is 0.486 e. The van der Waals surface area contributed by atoms with Gasteiger partial charge in [-0.1, -0.05) is 11.6 Å². The maximum Gasteiger partial charge on any atom is 0.193 e. The summed E-state index contributed by atoms with van der Waals surface area (Å²) < 4.78 is 7.55. The standard InChI is InChI=1S/C13H8ClN3OS/c14-10-2-1-9(6-15)12(5-10)18-8-11-7-17-3-4-19-13(17)16-11/h1-5,7H,8H2. The molecule has 0 spiro atoms. The number of benzene rings is 1. The number of imidazole rings is 1. The molecule has 0 aliphatic heterocycles. The quantitative estimate of drug-likeness (QED) is 0.741. The summed E-state index contributed by atoms with van der Waals surface area (Å²) in [5, 5.41) is 11.5. The minimum Gasteiger partial charge on any atom is -0.486 e. The van der Waals surface area contributed by atoms with E-state index < -0.39 is 0 Å². The van der Waals surface area contributed by atoms with Gasteiger partial charge in [0.1, 0.15) is 18.4 Å². The van der Waals surface area contributed by atoms with Crippen molar-refractivity contribution in [3.8, 4) is 11.8 Å². The fraction of sp³-hybridized carbons (Fsp3) is 0.0769. The summed E-state index contributed by atoms with van der Waals surface area (Å²) in [6.45, 7) is 0.309. The molecule has 0 N–H and O–H groups in total. The monoisotopic (exact) mass is 289 g/mol. The van der Waals surface area contributed by atoms with Crippen LogP contribution in [-0.2, 0) is 6.61 Å². The van der Waals surface area contributed by atoms with Crippen molar-refractivity contribution in [3.63, 3.8) is 0 Å². The fourth-order valence-corrected chi connectivity index (χ4v) is 2.59. The summed E-state index contributed by atoms with van der Waals surface area (Å²) in [7, 11) is 0. The van der Waals surface area contributed by atoms with Crippen LogP contribution in [0.5, 0.6) is 5.75 Å². The van der Waals surface area contributed by atoms with Gasteiger partial charge in [0.15, 0.2) is 4.96 Å². The number of nitrogens with zero attached hydrogens (tertiary/aromatic N) is 3. The number of hydrogen-bond acceptors (Lipinski definition) is 4. The van der Waals surface area contributed by atoms with Crippen molar-refractivity contribution in [3.05, 3.63) is 52.3 Å². The van der Waals surface area contributed by atoms with Gasteiger partial charge in [0, 0.05) is 28.9 Å². The molecule has 0 bridgehead atoms. The molecule has 0 aliphatic carbocycles. The zero-order valence-corrected chi connectivity index (χ0v) is 11.3. The predicted octanol–water partition coefficient (Wildman–Crippen LogP) is 3.50. The highest BCUT2D eigenvalue weighted by Crippen LogP contribution is 2.23. The average molecular weight is 290 g/mol. The van der Waals surface area contributed by atoms with Crippen LogP contribution in [0.1, 0.15) is 11.3 Å². The molecule has 3 rings (SSSR count). The van der Waals surface area contributed by atoms with Crippen molar-refractivity contribution in [1.29, 1.82) is 5.26 Å². The molecule has 0 radical (unpaired) electrons. The number of aromatic nitrogens is 2. The van der Waals surface area contributed by atoms with E-state index in [-0.39, 0.29) is 0 Å². The summed E-state index contributed by atoms with van der Waals surface area (Å²) in [4.78, 5) is 5.33. The normalized spacial score (nSPS) is 10.5. The van der Waals surface area contributed by atoms with Gasteiger partial charge in [-0.2, -0.15) is 5.26 Å². The highest BCUT2D eigenvalue weighted by molar-refractivity contribution is 7.15. The first-order chi connectivity index (χ1) is 9.26. The van der Waals surface area contributed by atoms with Crippen LogP contribution < -0.4 is 4.74 Å². The Balaban J connectivity index is 1.81. The molecule has 6 heteroatoms. The SMILES string of the molecule is N#Cc1ccc(Cl)cc1OCc1cn2ccsc2n1. The number of halogens is 1. The predicted molar refractivity (Wildman–Crippen MR) is 73.6 cm³/mol. The lowest BCUT2D eigenvalue weighted by Crippen LogP contribution is -1.97. The molecule has 0 aliphatic rings. The van der Waals surface area contributed by atoms with Crippen molar-refractivity contribution in [2.24, 2.45) is 0 Å². The third kappa shape index (κ3) is 2.41. The molecular weight excluding hydrogens is 282 g/mol. The van der Waals surface area contributed by atoms with E-state index in [2.05, 4.69) is 11.1 Å². The summed E-state index contributed by atoms with van der Waals surface area (Å²) >= 11 is 7.46. The summed E-state index contributed by atoms with van der Waals surface area (Å²) in [5.41, 5.74) is 1.28. The van der Waals surface area contributed by atoms with Gasteiger partial charge in [-0.15, -0.1) is 11.3 Å². The third-order valence-corrected chi connectivity index (χ3v) is 3.59. The minimum atomic E-state index is 0.309. The molecule has 2 aromatic heterocycles. The highest BCUT2D eigenvalue weighted by atomic mass is 35.5. The lowest BCUT2D eigenvalue weighted by atomic mass is 10.2. The van der Waals surface area contributed by atoms with Crippen LogP contribution in [0.2, 0.25) is 5.02 Å². The topological polar surface area (TPSA) is 50.3 Å². The summed E-state index contributed by atoms with van der Waals surface area (Å²) in [5.74, 6) is 0.478. The van der Waals surface area contributed by atoms with Gasteiger partial charge in [0.05, 0.1) is 11.3 Å².